The Bertz CT molecular complexity index is 1050. The van der Waals surface area contributed by atoms with E-state index in [1.165, 1.54) is 71.1 Å². The average Bonchev–Trinajstić information content (AvgIpc) is 2.92. The van der Waals surface area contributed by atoms with Gasteiger partial charge in [-0.1, -0.05) is 89.9 Å². The van der Waals surface area contributed by atoms with Crippen LogP contribution in [0, 0.1) is 59.2 Å². The second-order valence-electron chi connectivity index (χ2n) is 8.87. The van der Waals surface area contributed by atoms with Crippen LogP contribution in [0.1, 0.15) is 124 Å². The van der Waals surface area contributed by atoms with Gasteiger partial charge in [-0.15, -0.1) is 0 Å². The number of aliphatic hydroxyl groups is 1. The van der Waals surface area contributed by atoms with E-state index >= 15 is 0 Å². The van der Waals surface area contributed by atoms with Crippen LogP contribution in [-0.2, 0) is 23.9 Å². The van der Waals surface area contributed by atoms with Crippen molar-refractivity contribution < 1.29 is 41.8 Å². The van der Waals surface area contributed by atoms with Crippen molar-refractivity contribution in [3.8, 4) is 59.2 Å². The molecule has 236 valence electrons. The summed E-state index contributed by atoms with van der Waals surface area (Å²) in [6.07, 6.45) is 15.4. The molecule has 0 fully saturated rings. The van der Waals surface area contributed by atoms with E-state index in [2.05, 4.69) is 71.9 Å². The Kier molecular flexibility index (Phi) is 30.1. The number of hydrogen-bond donors (Lipinski definition) is 2. The molecule has 0 aliphatic rings. The summed E-state index contributed by atoms with van der Waals surface area (Å²) in [6.45, 7) is 4.51. The van der Waals surface area contributed by atoms with Crippen LogP contribution < -0.4 is 5.73 Å². The molecule has 7 nitrogen and oxygen atoms in total. The van der Waals surface area contributed by atoms with Gasteiger partial charge < -0.3 is 20.3 Å². The van der Waals surface area contributed by atoms with E-state index in [0.717, 1.165) is 19.3 Å². The summed E-state index contributed by atoms with van der Waals surface area (Å²) < 4.78 is 10.1. The van der Waals surface area contributed by atoms with E-state index in [0.29, 0.717) is 0 Å². The number of nitrogens with two attached hydrogens (primary N) is 1. The first-order chi connectivity index (χ1) is 19.4. The molecule has 0 aliphatic carbocycles. The zero-order chi connectivity index (χ0) is 30.1. The highest BCUT2D eigenvalue weighted by Crippen LogP contribution is 2.13. The van der Waals surface area contributed by atoms with Crippen LogP contribution >= 0.6 is 0 Å². The molecule has 1 amide bonds. The molecule has 0 saturated carbocycles. The maximum absolute atomic E-state index is 12.0. The number of unbranched alkanes of at least 4 members (excludes halogenated alkanes) is 12. The van der Waals surface area contributed by atoms with Gasteiger partial charge in [0.25, 0.3) is 0 Å². The standard InChI is InChI=1S/C31H40O5.C2H5NO.9H2/c1-3-5-7-9-11-13-14-15-16-18-20-22-24-26-31(34)36-29(27-32)28-35-30(33)25-23-21-19-17-12-10-8-6-4-2;1-2(3)4;;;;;;;;;/h29,32H,3,5,7,9,11,13-16,18,20,22,24,26-28H2,1-2H3;1H3,(H2,3,4);9*1H/t29-;;;;;;;;;;/m0........../s1. The van der Waals surface area contributed by atoms with Crippen LogP contribution in [0.15, 0.2) is 0 Å². The zero-order valence-corrected chi connectivity index (χ0v) is 24.5. The highest BCUT2D eigenvalue weighted by Gasteiger charge is 2.15. The fourth-order valence-electron chi connectivity index (χ4n) is 3.19. The summed E-state index contributed by atoms with van der Waals surface area (Å²) in [5.41, 5.74) is 4.47. The third-order valence-electron chi connectivity index (χ3n) is 5.11. The minimum Gasteiger partial charge on any atom is -0.456 e. The Hall–Kier alpha value is -3.83. The number of esters is 2. The molecule has 0 rings (SSSR count). The van der Waals surface area contributed by atoms with Crippen LogP contribution in [0.2, 0.25) is 0 Å². The Morgan fingerprint density at radius 1 is 0.750 bits per heavy atom. The lowest BCUT2D eigenvalue weighted by atomic mass is 10.0. The highest BCUT2D eigenvalue weighted by molar-refractivity contribution is 5.89. The van der Waals surface area contributed by atoms with Crippen LogP contribution in [0.5, 0.6) is 0 Å². The third-order valence-corrected chi connectivity index (χ3v) is 5.11. The number of rotatable bonds is 18. The minimum atomic E-state index is -0.910. The zero-order valence-electron chi connectivity index (χ0n) is 24.5. The Labute approximate surface area is 255 Å². The molecule has 0 bridgehead atoms. The molecule has 1 atom stereocenters. The van der Waals surface area contributed by atoms with Crippen LogP contribution in [0.3, 0.4) is 0 Å². The molecule has 0 aromatic rings. The van der Waals surface area contributed by atoms with E-state index in [4.69, 9.17) is 9.47 Å². The van der Waals surface area contributed by atoms with Crippen LogP contribution in [0.25, 0.3) is 0 Å². The first kappa shape index (κ1) is 38.3. The summed E-state index contributed by atoms with van der Waals surface area (Å²) in [4.78, 5) is 32.8. The molecular weight excluding hydrogens is 506 g/mol. The summed E-state index contributed by atoms with van der Waals surface area (Å²) in [6, 6.07) is 0. The fraction of sp³-hybridized carbons (Fsp3) is 0.606. The highest BCUT2D eigenvalue weighted by atomic mass is 16.6. The first-order valence-electron chi connectivity index (χ1n) is 14.0. The lowest BCUT2D eigenvalue weighted by molar-refractivity contribution is -0.159. The number of carbonyl (C=O) groups is 3. The lowest BCUT2D eigenvalue weighted by Gasteiger charge is -2.14. The molecule has 0 aromatic heterocycles. The van der Waals surface area contributed by atoms with E-state index < -0.39 is 24.6 Å². The van der Waals surface area contributed by atoms with Gasteiger partial charge in [-0.3, -0.25) is 9.59 Å². The van der Waals surface area contributed by atoms with Crippen molar-refractivity contribution in [2.75, 3.05) is 13.2 Å². The number of aliphatic hydroxyl groups excluding tert-OH is 1. The molecular formula is C33H63NO6. The molecule has 0 radical (unpaired) electrons. The molecule has 3 N–H and O–H groups in total. The molecule has 40 heavy (non-hydrogen) atoms. The normalized spacial score (nSPS) is 9.40. The number of carbonyl (C=O) groups excluding carboxylic acids is 3. The number of ether oxygens (including phenoxy) is 2. The molecule has 7 heteroatoms. The molecule has 0 aromatic carbocycles. The quantitative estimate of drug-likeness (QED) is 0.0825. The maximum Gasteiger partial charge on any atom is 0.385 e. The SMILES string of the molecule is CC#CC#CC#CC#CC#CC(=O)OC[C@H](CO)OC(=O)CCCCCCCCCCCCCCC.CC(N)=O.[HH].[HH].[HH].[HH].[HH].[HH].[HH].[HH].[HH]. The van der Waals surface area contributed by atoms with E-state index in [1.807, 2.05) is 0 Å². The van der Waals surface area contributed by atoms with Crippen molar-refractivity contribution in [3.05, 3.63) is 0 Å². The molecule has 0 spiro atoms. The van der Waals surface area contributed by atoms with Gasteiger partial charge in [-0.25, -0.2) is 4.79 Å². The smallest absolute Gasteiger partial charge is 0.385 e. The molecule has 0 unspecified atom stereocenters. The molecule has 0 saturated heterocycles. The predicted octanol–water partition coefficient (Wildman–Crippen LogP) is 6.66. The van der Waals surface area contributed by atoms with E-state index in [-0.39, 0.29) is 31.8 Å². The second kappa shape index (κ2) is 31.4. The van der Waals surface area contributed by atoms with Crippen molar-refractivity contribution in [3.63, 3.8) is 0 Å². The topological polar surface area (TPSA) is 116 Å². The number of primary amides is 1. The van der Waals surface area contributed by atoms with Gasteiger partial charge >= 0.3 is 11.9 Å². The van der Waals surface area contributed by atoms with Gasteiger partial charge in [0.15, 0.2) is 6.10 Å². The van der Waals surface area contributed by atoms with Gasteiger partial charge in [-0.2, -0.15) is 0 Å². The summed E-state index contributed by atoms with van der Waals surface area (Å²) in [7, 11) is 0. The minimum absolute atomic E-state index is 0. The fourth-order valence-corrected chi connectivity index (χ4v) is 3.19. The van der Waals surface area contributed by atoms with Gasteiger partial charge in [0, 0.05) is 32.1 Å². The first-order valence-corrected chi connectivity index (χ1v) is 14.0. The van der Waals surface area contributed by atoms with Gasteiger partial charge in [0.1, 0.15) is 6.61 Å². The van der Waals surface area contributed by atoms with Gasteiger partial charge in [0.2, 0.25) is 5.91 Å². The average molecular weight is 570 g/mol. The van der Waals surface area contributed by atoms with Crippen molar-refractivity contribution in [2.45, 2.75) is 117 Å². The number of hydrogen-bond acceptors (Lipinski definition) is 6. The predicted molar refractivity (Wildman–Crippen MR) is 177 cm³/mol. The largest absolute Gasteiger partial charge is 0.456 e. The third kappa shape index (κ3) is 34.2. The Morgan fingerprint density at radius 3 is 1.62 bits per heavy atom. The van der Waals surface area contributed by atoms with Crippen LogP contribution in [-0.4, -0.2) is 42.3 Å². The monoisotopic (exact) mass is 569 g/mol. The van der Waals surface area contributed by atoms with Crippen molar-refractivity contribution in [1.82, 2.24) is 0 Å². The van der Waals surface area contributed by atoms with E-state index in [1.54, 1.807) is 6.92 Å². The lowest BCUT2D eigenvalue weighted by Crippen LogP contribution is -2.28. The Balaban J connectivity index is -0.000000116. The Morgan fingerprint density at radius 2 is 1.18 bits per heavy atom. The van der Waals surface area contributed by atoms with Crippen molar-refractivity contribution in [2.24, 2.45) is 5.73 Å². The van der Waals surface area contributed by atoms with Crippen LogP contribution in [0.4, 0.5) is 0 Å². The summed E-state index contributed by atoms with van der Waals surface area (Å²) in [5, 5.41) is 9.36. The number of amides is 1. The molecule has 0 heterocycles. The molecule has 0 aliphatic heterocycles. The van der Waals surface area contributed by atoms with Crippen molar-refractivity contribution in [1.29, 1.82) is 0 Å². The summed E-state index contributed by atoms with van der Waals surface area (Å²) in [5.74, 6) is 22.7. The van der Waals surface area contributed by atoms with E-state index in [9.17, 15) is 19.5 Å². The van der Waals surface area contributed by atoms with Gasteiger partial charge in [0.05, 0.1) is 6.61 Å². The van der Waals surface area contributed by atoms with Crippen molar-refractivity contribution >= 4 is 17.8 Å². The second-order valence-corrected chi connectivity index (χ2v) is 8.87. The maximum atomic E-state index is 12.0. The van der Waals surface area contributed by atoms with Gasteiger partial charge in [-0.05, 0) is 60.7 Å². The summed E-state index contributed by atoms with van der Waals surface area (Å²) >= 11 is 0.